The molecule has 0 bridgehead atoms. The Kier molecular flexibility index (Phi) is 4.83. The molecule has 1 aromatic carbocycles. The van der Waals surface area contributed by atoms with Crippen LogP contribution in [-0.4, -0.2) is 22.6 Å². The Labute approximate surface area is 120 Å². The number of rotatable bonds is 5. The van der Waals surface area contributed by atoms with Gasteiger partial charge in [-0.15, -0.1) is 0 Å². The first-order chi connectivity index (χ1) is 8.92. The Balaban J connectivity index is 3.29. The fourth-order valence-corrected chi connectivity index (χ4v) is 3.88. The van der Waals surface area contributed by atoms with Gasteiger partial charge in [-0.2, -0.15) is 0 Å². The van der Waals surface area contributed by atoms with Crippen molar-refractivity contribution >= 4 is 25.7 Å². The first-order valence-electron chi connectivity index (χ1n) is 6.07. The molecule has 114 valence electrons. The number of nitrogens with one attached hydrogen (secondary N) is 1. The van der Waals surface area contributed by atoms with Crippen molar-refractivity contribution < 1.29 is 16.8 Å². The van der Waals surface area contributed by atoms with E-state index in [1.165, 1.54) is 12.1 Å². The van der Waals surface area contributed by atoms with Crippen LogP contribution in [0.15, 0.2) is 17.0 Å². The first-order valence-corrected chi connectivity index (χ1v) is 9.27. The molecule has 0 atom stereocenters. The molecule has 1 aromatic rings. The van der Waals surface area contributed by atoms with E-state index < -0.39 is 20.0 Å². The summed E-state index contributed by atoms with van der Waals surface area (Å²) in [6, 6.07) is 2.67. The molecule has 3 N–H and O–H groups in total. The lowest BCUT2D eigenvalue weighted by Gasteiger charge is -2.15. The molecule has 0 aliphatic carbocycles. The van der Waals surface area contributed by atoms with Crippen molar-refractivity contribution in [2.75, 3.05) is 10.5 Å². The lowest BCUT2D eigenvalue weighted by atomic mass is 10.1. The molecule has 8 heteroatoms. The van der Waals surface area contributed by atoms with Crippen LogP contribution in [0.2, 0.25) is 0 Å². The van der Waals surface area contributed by atoms with Crippen LogP contribution in [0, 0.1) is 19.8 Å². The fraction of sp³-hybridized carbons (Fsp3) is 0.500. The van der Waals surface area contributed by atoms with Gasteiger partial charge in [0.1, 0.15) is 0 Å². The van der Waals surface area contributed by atoms with E-state index in [9.17, 15) is 16.8 Å². The lowest BCUT2D eigenvalue weighted by Crippen LogP contribution is -2.21. The van der Waals surface area contributed by atoms with Gasteiger partial charge in [0.25, 0.3) is 0 Å². The average molecular weight is 320 g/mol. The van der Waals surface area contributed by atoms with E-state index in [-0.39, 0.29) is 22.3 Å². The molecule has 0 saturated heterocycles. The summed E-state index contributed by atoms with van der Waals surface area (Å²) in [7, 11) is -7.40. The second kappa shape index (κ2) is 5.71. The Hall–Kier alpha value is -1.12. The van der Waals surface area contributed by atoms with Gasteiger partial charge >= 0.3 is 0 Å². The van der Waals surface area contributed by atoms with Gasteiger partial charge in [-0.05, 0) is 43.0 Å². The lowest BCUT2D eigenvalue weighted by molar-refractivity contribution is 0.587. The van der Waals surface area contributed by atoms with E-state index in [2.05, 4.69) is 4.72 Å². The Morgan fingerprint density at radius 1 is 1.15 bits per heavy atom. The zero-order chi connectivity index (χ0) is 15.7. The molecule has 0 fully saturated rings. The Bertz CT molecular complexity index is 707. The SMILES string of the molecule is Cc1cc(S(N)(=O)=O)cc(NS(=O)(=O)CC(C)C)c1C. The number of nitrogens with two attached hydrogens (primary N) is 1. The number of aryl methyl sites for hydroxylation is 1. The predicted molar refractivity (Wildman–Crippen MR) is 79.5 cm³/mol. The van der Waals surface area contributed by atoms with E-state index in [0.717, 1.165) is 0 Å². The smallest absolute Gasteiger partial charge is 0.238 e. The summed E-state index contributed by atoms with van der Waals surface area (Å²) in [5, 5.41) is 5.08. The monoisotopic (exact) mass is 320 g/mol. The molecule has 0 radical (unpaired) electrons. The van der Waals surface area contributed by atoms with Crippen molar-refractivity contribution in [1.29, 1.82) is 0 Å². The molecule has 0 aliphatic rings. The molecule has 20 heavy (non-hydrogen) atoms. The topological polar surface area (TPSA) is 106 Å². The number of hydrogen-bond acceptors (Lipinski definition) is 4. The molecule has 6 nitrogen and oxygen atoms in total. The summed E-state index contributed by atoms with van der Waals surface area (Å²) < 4.78 is 49.1. The number of anilines is 1. The third-order valence-corrected chi connectivity index (χ3v) is 5.32. The maximum atomic E-state index is 11.9. The maximum absolute atomic E-state index is 11.9. The van der Waals surface area contributed by atoms with Gasteiger partial charge in [-0.1, -0.05) is 13.8 Å². The van der Waals surface area contributed by atoms with Crippen LogP contribution in [0.5, 0.6) is 0 Å². The van der Waals surface area contributed by atoms with Crippen LogP contribution in [0.1, 0.15) is 25.0 Å². The minimum atomic E-state index is -3.88. The molecule has 0 saturated carbocycles. The van der Waals surface area contributed by atoms with Crippen molar-refractivity contribution in [2.24, 2.45) is 11.1 Å². The number of benzene rings is 1. The molecular formula is C12H20N2O4S2. The van der Waals surface area contributed by atoms with Crippen LogP contribution in [-0.2, 0) is 20.0 Å². The number of sulfonamides is 2. The van der Waals surface area contributed by atoms with E-state index in [1.807, 2.05) is 0 Å². The predicted octanol–water partition coefficient (Wildman–Crippen LogP) is 1.35. The fourth-order valence-electron chi connectivity index (χ4n) is 1.74. The second-order valence-corrected chi connectivity index (χ2v) is 8.56. The highest BCUT2D eigenvalue weighted by atomic mass is 32.2. The average Bonchev–Trinajstić information content (AvgIpc) is 2.20. The molecule has 1 rings (SSSR count). The highest BCUT2D eigenvalue weighted by Crippen LogP contribution is 2.24. The van der Waals surface area contributed by atoms with Gasteiger partial charge < -0.3 is 0 Å². The standard InChI is InChI=1S/C12H20N2O4S2/c1-8(2)7-19(15,16)14-12-6-11(20(13,17)18)5-9(3)10(12)4/h5-6,8,14H,7H2,1-4H3,(H2,13,17,18). The second-order valence-electron chi connectivity index (χ2n) is 5.24. The van der Waals surface area contributed by atoms with E-state index in [0.29, 0.717) is 11.1 Å². The molecule has 0 aromatic heterocycles. The molecule has 0 spiro atoms. The van der Waals surface area contributed by atoms with Crippen molar-refractivity contribution in [3.05, 3.63) is 23.3 Å². The third kappa shape index (κ3) is 4.46. The minimum Gasteiger partial charge on any atom is -0.283 e. The molecular weight excluding hydrogens is 300 g/mol. The Morgan fingerprint density at radius 3 is 2.15 bits per heavy atom. The van der Waals surface area contributed by atoms with Crippen molar-refractivity contribution in [3.63, 3.8) is 0 Å². The van der Waals surface area contributed by atoms with Crippen molar-refractivity contribution in [2.45, 2.75) is 32.6 Å². The van der Waals surface area contributed by atoms with Gasteiger partial charge in [-0.25, -0.2) is 22.0 Å². The van der Waals surface area contributed by atoms with Crippen LogP contribution in [0.25, 0.3) is 0 Å². The normalized spacial score (nSPS) is 12.7. The van der Waals surface area contributed by atoms with Gasteiger partial charge in [0.05, 0.1) is 16.3 Å². The maximum Gasteiger partial charge on any atom is 0.238 e. The summed E-state index contributed by atoms with van der Waals surface area (Å²) in [6.45, 7) is 7.00. The summed E-state index contributed by atoms with van der Waals surface area (Å²) >= 11 is 0. The molecule has 0 unspecified atom stereocenters. The Morgan fingerprint density at radius 2 is 1.70 bits per heavy atom. The van der Waals surface area contributed by atoms with Crippen LogP contribution in [0.3, 0.4) is 0 Å². The largest absolute Gasteiger partial charge is 0.283 e. The molecule has 0 aliphatic heterocycles. The number of hydrogen-bond donors (Lipinski definition) is 2. The van der Waals surface area contributed by atoms with Gasteiger partial charge in [-0.3, -0.25) is 4.72 Å². The van der Waals surface area contributed by atoms with Crippen LogP contribution >= 0.6 is 0 Å². The minimum absolute atomic E-state index is 0.0321. The quantitative estimate of drug-likeness (QED) is 0.854. The van der Waals surface area contributed by atoms with Crippen LogP contribution < -0.4 is 9.86 Å². The van der Waals surface area contributed by atoms with Crippen LogP contribution in [0.4, 0.5) is 5.69 Å². The first kappa shape index (κ1) is 16.9. The van der Waals surface area contributed by atoms with E-state index in [1.54, 1.807) is 27.7 Å². The van der Waals surface area contributed by atoms with Gasteiger partial charge in [0.15, 0.2) is 0 Å². The van der Waals surface area contributed by atoms with Crippen molar-refractivity contribution in [3.8, 4) is 0 Å². The van der Waals surface area contributed by atoms with Crippen molar-refractivity contribution in [1.82, 2.24) is 0 Å². The zero-order valence-electron chi connectivity index (χ0n) is 12.0. The zero-order valence-corrected chi connectivity index (χ0v) is 13.6. The molecule has 0 amide bonds. The van der Waals surface area contributed by atoms with E-state index in [4.69, 9.17) is 5.14 Å². The van der Waals surface area contributed by atoms with E-state index >= 15 is 0 Å². The number of primary sulfonamides is 1. The summed E-state index contributed by atoms with van der Waals surface area (Å²) in [4.78, 5) is -0.108. The summed E-state index contributed by atoms with van der Waals surface area (Å²) in [5.74, 6) is -0.0687. The third-order valence-electron chi connectivity index (χ3n) is 2.79. The molecule has 0 heterocycles. The van der Waals surface area contributed by atoms with Gasteiger partial charge in [0.2, 0.25) is 20.0 Å². The summed E-state index contributed by atoms with van der Waals surface area (Å²) in [5.41, 5.74) is 1.57. The highest BCUT2D eigenvalue weighted by molar-refractivity contribution is 7.92. The summed E-state index contributed by atoms with van der Waals surface area (Å²) in [6.07, 6.45) is 0. The highest BCUT2D eigenvalue weighted by Gasteiger charge is 2.17. The van der Waals surface area contributed by atoms with Gasteiger partial charge in [0, 0.05) is 0 Å².